The summed E-state index contributed by atoms with van der Waals surface area (Å²) < 4.78 is 61.2. The molecule has 38 heavy (non-hydrogen) atoms. The first kappa shape index (κ1) is 30.9. The van der Waals surface area contributed by atoms with Gasteiger partial charge < -0.3 is 20.6 Å². The largest absolute Gasteiger partial charge is 0.490 e. The highest BCUT2D eigenvalue weighted by Crippen LogP contribution is 2.31. The molecule has 1 heterocycles. The molecular weight excluding hydrogens is 525 g/mol. The maximum absolute atomic E-state index is 13.3. The Balaban J connectivity index is 0.000000638. The maximum Gasteiger partial charge on any atom is 0.490 e. The monoisotopic (exact) mass is 558 g/mol. The van der Waals surface area contributed by atoms with E-state index in [9.17, 15) is 26.4 Å². The van der Waals surface area contributed by atoms with Crippen molar-refractivity contribution in [2.24, 2.45) is 0 Å². The fourth-order valence-electron chi connectivity index (χ4n) is 3.71. The van der Waals surface area contributed by atoms with Gasteiger partial charge in [0.15, 0.2) is 0 Å². The van der Waals surface area contributed by atoms with E-state index in [0.29, 0.717) is 16.8 Å². The van der Waals surface area contributed by atoms with Crippen molar-refractivity contribution in [3.63, 3.8) is 0 Å². The minimum absolute atomic E-state index is 0.0151. The number of carboxylic acids is 1. The van der Waals surface area contributed by atoms with Crippen LogP contribution in [-0.2, 0) is 14.8 Å². The molecule has 0 spiro atoms. The Kier molecular flexibility index (Phi) is 10.2. The van der Waals surface area contributed by atoms with E-state index in [1.54, 1.807) is 25.1 Å². The van der Waals surface area contributed by atoms with Crippen LogP contribution < -0.4 is 20.3 Å². The third kappa shape index (κ3) is 8.35. The Labute approximate surface area is 220 Å². The molecule has 0 aliphatic carbocycles. The molecular formula is C25H33F3N4O5S. The van der Waals surface area contributed by atoms with Gasteiger partial charge in [-0.15, -0.1) is 0 Å². The molecule has 0 unspecified atom stereocenters. The molecule has 0 radical (unpaired) electrons. The summed E-state index contributed by atoms with van der Waals surface area (Å²) in [4.78, 5) is 23.8. The number of rotatable bonds is 6. The smallest absolute Gasteiger partial charge is 0.475 e. The van der Waals surface area contributed by atoms with Gasteiger partial charge >= 0.3 is 12.1 Å². The van der Waals surface area contributed by atoms with Crippen LogP contribution in [-0.4, -0.2) is 63.8 Å². The van der Waals surface area contributed by atoms with Crippen LogP contribution in [0.15, 0.2) is 35.2 Å². The van der Waals surface area contributed by atoms with Crippen LogP contribution in [0.3, 0.4) is 0 Å². The standard InChI is InChI=1S/C23H32N4O3S.C2HF3O2/c1-15(2)25-23(28)19-6-7-21(27-10-8-24-9-11-27)20(14-19)26-31(29,30)22-13-17(4)16(3)12-18(22)5;3-2(4,5)1(6)7/h6-7,12-15,24,26H,8-11H2,1-5H3,(H,25,28);(H,6,7). The highest BCUT2D eigenvalue weighted by molar-refractivity contribution is 7.92. The Morgan fingerprint density at radius 1 is 1.00 bits per heavy atom. The van der Waals surface area contributed by atoms with Crippen LogP contribution in [0.25, 0.3) is 0 Å². The van der Waals surface area contributed by atoms with Crippen molar-refractivity contribution >= 4 is 33.3 Å². The molecule has 3 rings (SSSR count). The van der Waals surface area contributed by atoms with Crippen molar-refractivity contribution in [3.8, 4) is 0 Å². The quantitative estimate of drug-likeness (QED) is 0.427. The number of anilines is 2. The van der Waals surface area contributed by atoms with Gasteiger partial charge in [0, 0.05) is 37.8 Å². The van der Waals surface area contributed by atoms with Crippen molar-refractivity contribution in [3.05, 3.63) is 52.6 Å². The Bertz CT molecular complexity index is 1270. The number of nitrogens with one attached hydrogen (secondary N) is 3. The zero-order valence-electron chi connectivity index (χ0n) is 21.9. The predicted octanol–water partition coefficient (Wildman–Crippen LogP) is 3.59. The highest BCUT2D eigenvalue weighted by atomic mass is 32.2. The van der Waals surface area contributed by atoms with Gasteiger partial charge in [0.25, 0.3) is 15.9 Å². The molecule has 0 atom stereocenters. The molecule has 210 valence electrons. The van der Waals surface area contributed by atoms with Gasteiger partial charge in [0.1, 0.15) is 0 Å². The molecule has 9 nitrogen and oxygen atoms in total. The van der Waals surface area contributed by atoms with Gasteiger partial charge in [-0.25, -0.2) is 13.2 Å². The van der Waals surface area contributed by atoms with Gasteiger partial charge in [-0.3, -0.25) is 9.52 Å². The number of aliphatic carboxylic acids is 1. The average Bonchev–Trinajstić information content (AvgIpc) is 2.81. The third-order valence-corrected chi connectivity index (χ3v) is 7.21. The normalized spacial score (nSPS) is 14.0. The summed E-state index contributed by atoms with van der Waals surface area (Å²) in [5.41, 5.74) is 4.25. The lowest BCUT2D eigenvalue weighted by Gasteiger charge is -2.31. The predicted molar refractivity (Wildman–Crippen MR) is 139 cm³/mol. The molecule has 1 amide bonds. The lowest BCUT2D eigenvalue weighted by atomic mass is 10.1. The van der Waals surface area contributed by atoms with Crippen LogP contribution in [0.4, 0.5) is 24.5 Å². The molecule has 2 aromatic carbocycles. The molecule has 1 saturated heterocycles. The minimum atomic E-state index is -5.08. The summed E-state index contributed by atoms with van der Waals surface area (Å²) in [7, 11) is -3.83. The summed E-state index contributed by atoms with van der Waals surface area (Å²) in [6.07, 6.45) is -5.08. The van der Waals surface area contributed by atoms with Gasteiger partial charge in [-0.2, -0.15) is 13.2 Å². The average molecular weight is 559 g/mol. The number of halogens is 3. The lowest BCUT2D eigenvalue weighted by molar-refractivity contribution is -0.192. The second-order valence-electron chi connectivity index (χ2n) is 9.21. The van der Waals surface area contributed by atoms with E-state index in [1.807, 2.05) is 39.8 Å². The van der Waals surface area contributed by atoms with E-state index < -0.39 is 22.2 Å². The van der Waals surface area contributed by atoms with Gasteiger partial charge in [-0.05, 0) is 75.6 Å². The number of aryl methyl sites for hydroxylation is 3. The van der Waals surface area contributed by atoms with Gasteiger partial charge in [-0.1, -0.05) is 6.07 Å². The van der Waals surface area contributed by atoms with Crippen molar-refractivity contribution in [2.45, 2.75) is 51.7 Å². The van der Waals surface area contributed by atoms with Crippen LogP contribution in [0.2, 0.25) is 0 Å². The van der Waals surface area contributed by atoms with E-state index in [1.165, 1.54) is 0 Å². The molecule has 13 heteroatoms. The zero-order chi connectivity index (χ0) is 28.8. The van der Waals surface area contributed by atoms with Gasteiger partial charge in [0.2, 0.25) is 0 Å². The number of alkyl halides is 3. The second-order valence-corrected chi connectivity index (χ2v) is 10.9. The van der Waals surface area contributed by atoms with Crippen LogP contribution >= 0.6 is 0 Å². The molecule has 2 aromatic rings. The number of piperazine rings is 1. The van der Waals surface area contributed by atoms with Crippen molar-refractivity contribution in [1.82, 2.24) is 10.6 Å². The molecule has 4 N–H and O–H groups in total. The molecule has 0 bridgehead atoms. The summed E-state index contributed by atoms with van der Waals surface area (Å²) >= 11 is 0. The van der Waals surface area contributed by atoms with Crippen molar-refractivity contribution in [2.75, 3.05) is 35.8 Å². The van der Waals surface area contributed by atoms with Crippen molar-refractivity contribution < 1.29 is 36.3 Å². The van der Waals surface area contributed by atoms with E-state index in [0.717, 1.165) is 43.0 Å². The number of carboxylic acid groups (broad SMARTS) is 1. The van der Waals surface area contributed by atoms with Crippen LogP contribution in [0, 0.1) is 20.8 Å². The Morgan fingerprint density at radius 2 is 1.55 bits per heavy atom. The minimum Gasteiger partial charge on any atom is -0.475 e. The number of benzene rings is 2. The number of sulfonamides is 1. The number of carbonyl (C=O) groups excluding carboxylic acids is 1. The molecule has 0 aromatic heterocycles. The Hall–Kier alpha value is -3.32. The molecule has 1 aliphatic rings. The first-order valence-electron chi connectivity index (χ1n) is 11.8. The summed E-state index contributed by atoms with van der Waals surface area (Å²) in [6, 6.07) is 8.77. The first-order chi connectivity index (χ1) is 17.5. The topological polar surface area (TPSA) is 128 Å². The third-order valence-electron chi connectivity index (χ3n) is 5.70. The molecule has 1 aliphatic heterocycles. The lowest BCUT2D eigenvalue weighted by Crippen LogP contribution is -2.43. The number of carbonyl (C=O) groups is 2. The summed E-state index contributed by atoms with van der Waals surface area (Å²) in [5, 5.41) is 13.3. The van der Waals surface area contributed by atoms with E-state index >= 15 is 0 Å². The maximum atomic E-state index is 13.3. The SMILES string of the molecule is Cc1cc(C)c(S(=O)(=O)Nc2cc(C(=O)NC(C)C)ccc2N2CCNCC2)cc1C.O=C(O)C(F)(F)F. The van der Waals surface area contributed by atoms with Crippen LogP contribution in [0.1, 0.15) is 40.9 Å². The van der Waals surface area contributed by atoms with Gasteiger partial charge in [0.05, 0.1) is 16.3 Å². The number of hydrogen-bond donors (Lipinski definition) is 4. The number of nitrogens with zero attached hydrogens (tertiary/aromatic N) is 1. The zero-order valence-corrected chi connectivity index (χ0v) is 22.7. The number of hydrogen-bond acceptors (Lipinski definition) is 6. The number of amides is 1. The Morgan fingerprint density at radius 3 is 2.08 bits per heavy atom. The fourth-order valence-corrected chi connectivity index (χ4v) is 5.09. The van der Waals surface area contributed by atoms with E-state index in [4.69, 9.17) is 9.90 Å². The fraction of sp³-hybridized carbons (Fsp3) is 0.440. The van der Waals surface area contributed by atoms with E-state index in [-0.39, 0.29) is 16.8 Å². The van der Waals surface area contributed by atoms with Crippen molar-refractivity contribution in [1.29, 1.82) is 0 Å². The first-order valence-corrected chi connectivity index (χ1v) is 13.3. The van der Waals surface area contributed by atoms with Crippen LogP contribution in [0.5, 0.6) is 0 Å². The molecule has 0 saturated carbocycles. The van der Waals surface area contributed by atoms with E-state index in [2.05, 4.69) is 20.3 Å². The summed E-state index contributed by atoms with van der Waals surface area (Å²) in [5.74, 6) is -2.99. The second kappa shape index (κ2) is 12.5. The highest BCUT2D eigenvalue weighted by Gasteiger charge is 2.38. The molecule has 1 fully saturated rings. The summed E-state index contributed by atoms with van der Waals surface area (Å²) in [6.45, 7) is 12.6.